The molecule has 1 N–H and O–H groups in total. The molecule has 14 heteroatoms. The molecule has 3 aromatic rings. The van der Waals surface area contributed by atoms with E-state index in [1.54, 1.807) is 13.8 Å². The van der Waals surface area contributed by atoms with E-state index < -0.39 is 40.1 Å². The lowest BCUT2D eigenvalue weighted by molar-refractivity contribution is 0.0804. The standard InChI is InChI=1S/C22H22ClF3N4O5S/c1-12-16(35-21-17(34-11-18(25)26)7-13(23)9-27-21)8-14(24)19-28-15(10-30(12)19)20(31)29-22(2)3-5-36(32,33)6-4-22/h7-10,18H,3-6,11H2,1-2H3,(H,29,31). The predicted octanol–water partition coefficient (Wildman–Crippen LogP) is 3.96. The van der Waals surface area contributed by atoms with E-state index >= 15 is 0 Å². The van der Waals surface area contributed by atoms with Gasteiger partial charge < -0.3 is 14.8 Å². The Kier molecular flexibility index (Phi) is 7.06. The zero-order valence-corrected chi connectivity index (χ0v) is 20.8. The molecule has 9 nitrogen and oxygen atoms in total. The van der Waals surface area contributed by atoms with E-state index in [4.69, 9.17) is 21.1 Å². The van der Waals surface area contributed by atoms with Crippen LogP contribution in [-0.2, 0) is 9.84 Å². The van der Waals surface area contributed by atoms with Gasteiger partial charge in [-0.25, -0.2) is 31.6 Å². The molecule has 3 aromatic heterocycles. The molecule has 0 spiro atoms. The Morgan fingerprint density at radius 3 is 2.64 bits per heavy atom. The number of amides is 1. The number of nitrogens with zero attached hydrogens (tertiary/aromatic N) is 3. The summed E-state index contributed by atoms with van der Waals surface area (Å²) in [4.78, 5) is 20.9. The van der Waals surface area contributed by atoms with E-state index in [0.717, 1.165) is 6.07 Å². The van der Waals surface area contributed by atoms with Gasteiger partial charge in [-0.3, -0.25) is 9.20 Å². The van der Waals surface area contributed by atoms with Crippen LogP contribution in [0.15, 0.2) is 24.5 Å². The van der Waals surface area contributed by atoms with Gasteiger partial charge in [-0.1, -0.05) is 11.6 Å². The number of hydrogen-bond acceptors (Lipinski definition) is 7. The van der Waals surface area contributed by atoms with E-state index in [-0.39, 0.29) is 58.1 Å². The van der Waals surface area contributed by atoms with Crippen molar-refractivity contribution in [1.82, 2.24) is 19.7 Å². The number of nitrogens with one attached hydrogen (secondary N) is 1. The van der Waals surface area contributed by atoms with Crippen molar-refractivity contribution < 1.29 is 35.9 Å². The van der Waals surface area contributed by atoms with Crippen LogP contribution >= 0.6 is 11.6 Å². The molecule has 1 aliphatic heterocycles. The highest BCUT2D eigenvalue weighted by molar-refractivity contribution is 7.91. The first-order chi connectivity index (χ1) is 16.9. The zero-order chi connectivity index (χ0) is 26.3. The normalized spacial score (nSPS) is 16.8. The number of carbonyl (C=O) groups is 1. The quantitative estimate of drug-likeness (QED) is 0.477. The average molecular weight is 547 g/mol. The van der Waals surface area contributed by atoms with Gasteiger partial charge in [0.1, 0.15) is 22.1 Å². The van der Waals surface area contributed by atoms with Gasteiger partial charge in [0.25, 0.3) is 18.2 Å². The van der Waals surface area contributed by atoms with Crippen LogP contribution in [-0.4, -0.2) is 58.8 Å². The van der Waals surface area contributed by atoms with Crippen molar-refractivity contribution in [2.75, 3.05) is 18.1 Å². The van der Waals surface area contributed by atoms with Crippen LogP contribution in [0.1, 0.15) is 35.9 Å². The van der Waals surface area contributed by atoms with E-state index in [9.17, 15) is 26.4 Å². The summed E-state index contributed by atoms with van der Waals surface area (Å²) in [5.74, 6) is -1.85. The predicted molar refractivity (Wildman–Crippen MR) is 124 cm³/mol. The second-order valence-corrected chi connectivity index (χ2v) is 11.4. The third-order valence-electron chi connectivity index (χ3n) is 5.83. The number of alkyl halides is 2. The average Bonchev–Trinajstić information content (AvgIpc) is 3.26. The number of pyridine rings is 2. The van der Waals surface area contributed by atoms with Gasteiger partial charge >= 0.3 is 0 Å². The number of imidazole rings is 1. The lowest BCUT2D eigenvalue weighted by Gasteiger charge is -2.34. The summed E-state index contributed by atoms with van der Waals surface area (Å²) >= 11 is 5.87. The van der Waals surface area contributed by atoms with Gasteiger partial charge in [0, 0.05) is 30.1 Å². The van der Waals surface area contributed by atoms with Crippen molar-refractivity contribution in [2.45, 2.75) is 38.7 Å². The fourth-order valence-electron chi connectivity index (χ4n) is 3.72. The van der Waals surface area contributed by atoms with Crippen LogP contribution in [0.25, 0.3) is 5.65 Å². The van der Waals surface area contributed by atoms with E-state index in [0.29, 0.717) is 5.69 Å². The Balaban J connectivity index is 1.60. The van der Waals surface area contributed by atoms with Crippen molar-refractivity contribution in [1.29, 1.82) is 0 Å². The van der Waals surface area contributed by atoms with E-state index in [2.05, 4.69) is 15.3 Å². The smallest absolute Gasteiger partial charge is 0.272 e. The van der Waals surface area contributed by atoms with Crippen LogP contribution in [0.5, 0.6) is 17.4 Å². The Morgan fingerprint density at radius 2 is 1.97 bits per heavy atom. The molecule has 0 aromatic carbocycles. The summed E-state index contributed by atoms with van der Waals surface area (Å²) in [6, 6.07) is 2.27. The van der Waals surface area contributed by atoms with E-state index in [1.165, 1.54) is 22.9 Å². The number of ether oxygens (including phenoxy) is 2. The third-order valence-corrected chi connectivity index (χ3v) is 7.69. The van der Waals surface area contributed by atoms with Crippen molar-refractivity contribution in [3.63, 3.8) is 0 Å². The van der Waals surface area contributed by atoms with Gasteiger partial charge in [-0.2, -0.15) is 0 Å². The molecular weight excluding hydrogens is 525 g/mol. The highest BCUT2D eigenvalue weighted by atomic mass is 35.5. The Bertz CT molecular complexity index is 1420. The maximum Gasteiger partial charge on any atom is 0.272 e. The summed E-state index contributed by atoms with van der Waals surface area (Å²) in [5, 5.41) is 2.93. The first-order valence-corrected chi connectivity index (χ1v) is 13.0. The minimum Gasteiger partial charge on any atom is -0.482 e. The third kappa shape index (κ3) is 5.67. The van der Waals surface area contributed by atoms with Crippen LogP contribution in [0.2, 0.25) is 5.02 Å². The van der Waals surface area contributed by atoms with Crippen molar-refractivity contribution >= 4 is 33.0 Å². The summed E-state index contributed by atoms with van der Waals surface area (Å²) in [6.07, 6.45) is 0.298. The van der Waals surface area contributed by atoms with Crippen molar-refractivity contribution in [2.24, 2.45) is 0 Å². The Morgan fingerprint density at radius 1 is 1.28 bits per heavy atom. The number of aromatic nitrogens is 3. The molecule has 0 unspecified atom stereocenters. The molecule has 1 amide bonds. The lowest BCUT2D eigenvalue weighted by atomic mass is 9.95. The molecule has 0 radical (unpaired) electrons. The molecule has 1 aliphatic rings. The van der Waals surface area contributed by atoms with Crippen LogP contribution in [0.4, 0.5) is 13.2 Å². The Labute approximate surface area is 209 Å². The molecule has 4 rings (SSSR count). The fourth-order valence-corrected chi connectivity index (χ4v) is 5.59. The maximum absolute atomic E-state index is 14.9. The summed E-state index contributed by atoms with van der Waals surface area (Å²) in [7, 11) is -3.12. The molecule has 194 valence electrons. The lowest BCUT2D eigenvalue weighted by Crippen LogP contribution is -2.51. The van der Waals surface area contributed by atoms with Gasteiger partial charge in [0.15, 0.2) is 23.0 Å². The summed E-state index contributed by atoms with van der Waals surface area (Å²) < 4.78 is 75.5. The van der Waals surface area contributed by atoms with Gasteiger partial charge in [0.2, 0.25) is 0 Å². The number of sulfone groups is 1. The molecule has 1 fully saturated rings. The molecule has 0 aliphatic carbocycles. The van der Waals surface area contributed by atoms with E-state index in [1.807, 2.05) is 0 Å². The summed E-state index contributed by atoms with van der Waals surface area (Å²) in [6.45, 7) is 2.41. The minimum atomic E-state index is -3.12. The molecule has 1 saturated heterocycles. The number of rotatable bonds is 7. The van der Waals surface area contributed by atoms with Crippen molar-refractivity contribution in [3.05, 3.63) is 46.8 Å². The number of carbonyl (C=O) groups excluding carboxylic acids is 1. The topological polar surface area (TPSA) is 112 Å². The maximum atomic E-state index is 14.9. The zero-order valence-electron chi connectivity index (χ0n) is 19.2. The highest BCUT2D eigenvalue weighted by Crippen LogP contribution is 2.34. The molecule has 36 heavy (non-hydrogen) atoms. The first-order valence-electron chi connectivity index (χ1n) is 10.8. The molecule has 0 bridgehead atoms. The minimum absolute atomic E-state index is 0.0227. The number of fused-ring (bicyclic) bond motifs is 1. The monoisotopic (exact) mass is 546 g/mol. The SMILES string of the molecule is Cc1c(Oc2ncc(Cl)cc2OCC(F)F)cc(F)c2nc(C(=O)NC3(C)CCS(=O)(=O)CC3)cn12. The van der Waals surface area contributed by atoms with Crippen LogP contribution in [0.3, 0.4) is 0 Å². The van der Waals surface area contributed by atoms with Crippen LogP contribution < -0.4 is 14.8 Å². The van der Waals surface area contributed by atoms with Gasteiger partial charge in [-0.15, -0.1) is 0 Å². The molecule has 0 saturated carbocycles. The van der Waals surface area contributed by atoms with Gasteiger partial charge in [-0.05, 0) is 26.7 Å². The summed E-state index contributed by atoms with van der Waals surface area (Å²) in [5.41, 5.74) is -0.618. The van der Waals surface area contributed by atoms with Crippen molar-refractivity contribution in [3.8, 4) is 17.4 Å². The molecular formula is C22H22ClF3N4O5S. The number of hydrogen-bond donors (Lipinski definition) is 1. The van der Waals surface area contributed by atoms with Gasteiger partial charge in [0.05, 0.1) is 22.2 Å². The largest absolute Gasteiger partial charge is 0.482 e. The Hall–Kier alpha value is -3.06. The fraction of sp³-hybridized carbons (Fsp3) is 0.409. The highest BCUT2D eigenvalue weighted by Gasteiger charge is 2.35. The number of aryl methyl sites for hydroxylation is 1. The first kappa shape index (κ1) is 26.0. The van der Waals surface area contributed by atoms with Crippen LogP contribution in [0, 0.1) is 12.7 Å². The molecule has 0 atom stereocenters. The molecule has 4 heterocycles. The second-order valence-electron chi connectivity index (χ2n) is 8.69. The number of halogens is 4. The second kappa shape index (κ2) is 9.77.